The third-order valence-corrected chi connectivity index (χ3v) is 5.71. The van der Waals surface area contributed by atoms with E-state index in [0.29, 0.717) is 36.2 Å². The molecule has 0 bridgehead atoms. The zero-order valence-electron chi connectivity index (χ0n) is 13.1. The van der Waals surface area contributed by atoms with Crippen LogP contribution in [0.3, 0.4) is 0 Å². The number of hydrogen-bond donors (Lipinski definition) is 2. The van der Waals surface area contributed by atoms with Gasteiger partial charge in [0.2, 0.25) is 10.0 Å². The van der Waals surface area contributed by atoms with Crippen LogP contribution in [-0.2, 0) is 23.0 Å². The maximum Gasteiger partial charge on any atom is 0.240 e. The Morgan fingerprint density at radius 2 is 2.05 bits per heavy atom. The van der Waals surface area contributed by atoms with Crippen LogP contribution in [0.5, 0.6) is 0 Å². The fourth-order valence-corrected chi connectivity index (χ4v) is 4.11. The van der Waals surface area contributed by atoms with Crippen LogP contribution < -0.4 is 10.0 Å². The fourth-order valence-electron chi connectivity index (χ4n) is 2.61. The number of benzene rings is 1. The Bertz CT molecular complexity index is 580. The number of hydrogen-bond acceptors (Lipinski definition) is 3. The van der Waals surface area contributed by atoms with Gasteiger partial charge >= 0.3 is 0 Å². The normalized spacial score (nSPS) is 16.9. The summed E-state index contributed by atoms with van der Waals surface area (Å²) in [5, 5.41) is 3.06. The second kappa shape index (κ2) is 6.90. The number of aryl methyl sites for hydroxylation is 1. The fraction of sp³-hybridized carbons (Fsp3) is 0.625. The minimum absolute atomic E-state index is 0.422. The van der Waals surface area contributed by atoms with Gasteiger partial charge in [-0.25, -0.2) is 13.1 Å². The Kier molecular flexibility index (Phi) is 5.41. The number of rotatable bonds is 8. The molecule has 4 nitrogen and oxygen atoms in total. The quantitative estimate of drug-likeness (QED) is 0.774. The highest BCUT2D eigenvalue weighted by atomic mass is 32.2. The van der Waals surface area contributed by atoms with Gasteiger partial charge in [-0.15, -0.1) is 0 Å². The van der Waals surface area contributed by atoms with Crippen molar-refractivity contribution in [2.45, 2.75) is 44.6 Å². The van der Waals surface area contributed by atoms with Gasteiger partial charge < -0.3 is 5.32 Å². The Morgan fingerprint density at radius 3 is 2.62 bits per heavy atom. The van der Waals surface area contributed by atoms with E-state index in [9.17, 15) is 8.42 Å². The van der Waals surface area contributed by atoms with Gasteiger partial charge in [-0.05, 0) is 55.3 Å². The summed E-state index contributed by atoms with van der Waals surface area (Å²) < 4.78 is 28.0. The first-order valence-corrected chi connectivity index (χ1v) is 9.22. The zero-order valence-corrected chi connectivity index (χ0v) is 14.0. The van der Waals surface area contributed by atoms with E-state index < -0.39 is 10.0 Å². The predicted molar refractivity (Wildman–Crippen MR) is 85.7 cm³/mol. The van der Waals surface area contributed by atoms with E-state index in [1.807, 2.05) is 26.1 Å². The number of nitrogens with one attached hydrogen (secondary N) is 2. The van der Waals surface area contributed by atoms with Crippen LogP contribution in [0.2, 0.25) is 0 Å². The van der Waals surface area contributed by atoms with Crippen LogP contribution in [-0.4, -0.2) is 22.0 Å². The Balaban J connectivity index is 2.17. The summed E-state index contributed by atoms with van der Waals surface area (Å²) in [7, 11) is -1.56. The third kappa shape index (κ3) is 4.28. The Labute approximate surface area is 128 Å². The van der Waals surface area contributed by atoms with Crippen molar-refractivity contribution in [1.29, 1.82) is 0 Å². The molecule has 2 rings (SSSR count). The van der Waals surface area contributed by atoms with E-state index in [4.69, 9.17) is 0 Å². The summed E-state index contributed by atoms with van der Waals surface area (Å²) in [6.07, 6.45) is 3.19. The third-order valence-electron chi connectivity index (χ3n) is 4.20. The molecule has 1 aromatic carbocycles. The van der Waals surface area contributed by atoms with Crippen molar-refractivity contribution in [2.75, 3.05) is 13.6 Å². The summed E-state index contributed by atoms with van der Waals surface area (Å²) in [6.45, 7) is 5.31. The molecular formula is C16H26N2O2S. The predicted octanol–water partition coefficient (Wildman–Crippen LogP) is 2.29. The number of sulfonamides is 1. The average Bonchev–Trinajstić information content (AvgIpc) is 3.30. The molecule has 1 aromatic rings. The summed E-state index contributed by atoms with van der Waals surface area (Å²) in [5.41, 5.74) is 1.87. The molecule has 5 heteroatoms. The van der Waals surface area contributed by atoms with Crippen LogP contribution in [0.15, 0.2) is 23.1 Å². The van der Waals surface area contributed by atoms with Crippen LogP contribution in [0.4, 0.5) is 0 Å². The summed E-state index contributed by atoms with van der Waals surface area (Å²) in [6, 6.07) is 5.70. The van der Waals surface area contributed by atoms with Gasteiger partial charge in [0, 0.05) is 13.1 Å². The van der Waals surface area contributed by atoms with Gasteiger partial charge in [-0.2, -0.15) is 0 Å². The highest BCUT2D eigenvalue weighted by Gasteiger charge is 2.29. The van der Waals surface area contributed by atoms with Crippen molar-refractivity contribution in [3.05, 3.63) is 29.3 Å². The molecule has 0 saturated heterocycles. The van der Waals surface area contributed by atoms with Crippen LogP contribution in [0.1, 0.15) is 37.8 Å². The largest absolute Gasteiger partial charge is 0.316 e. The topological polar surface area (TPSA) is 58.2 Å². The van der Waals surface area contributed by atoms with Crippen molar-refractivity contribution < 1.29 is 8.42 Å². The second-order valence-corrected chi connectivity index (χ2v) is 7.73. The van der Waals surface area contributed by atoms with Gasteiger partial charge in [0.15, 0.2) is 0 Å². The lowest BCUT2D eigenvalue weighted by molar-refractivity contribution is 0.491. The molecule has 1 fully saturated rings. The molecule has 118 valence electrons. The highest BCUT2D eigenvalue weighted by molar-refractivity contribution is 7.89. The van der Waals surface area contributed by atoms with Crippen molar-refractivity contribution >= 4 is 10.0 Å². The van der Waals surface area contributed by atoms with Crippen LogP contribution in [0.25, 0.3) is 0 Å². The van der Waals surface area contributed by atoms with Gasteiger partial charge in [0.1, 0.15) is 0 Å². The molecule has 0 spiro atoms. The summed E-state index contributed by atoms with van der Waals surface area (Å²) in [4.78, 5) is 0.431. The van der Waals surface area contributed by atoms with Crippen molar-refractivity contribution in [2.24, 2.45) is 11.8 Å². The first-order chi connectivity index (χ1) is 9.97. The molecule has 1 aliphatic rings. The van der Waals surface area contributed by atoms with E-state index >= 15 is 0 Å². The van der Waals surface area contributed by atoms with E-state index in [0.717, 1.165) is 11.1 Å². The monoisotopic (exact) mass is 310 g/mol. The standard InChI is InChI=1S/C16H26N2O2S/c1-4-14-6-5-13(11-17-3)9-16(14)21(19,20)18-10-12(2)15-7-8-15/h5-6,9,12,15,17-18H,4,7-8,10-11H2,1-3H3. The molecule has 0 radical (unpaired) electrons. The minimum Gasteiger partial charge on any atom is -0.316 e. The lowest BCUT2D eigenvalue weighted by Gasteiger charge is -2.15. The Hall–Kier alpha value is -0.910. The van der Waals surface area contributed by atoms with Crippen LogP contribution >= 0.6 is 0 Å². The molecule has 2 N–H and O–H groups in total. The molecule has 0 aliphatic heterocycles. The molecule has 1 aliphatic carbocycles. The SMILES string of the molecule is CCc1ccc(CNC)cc1S(=O)(=O)NCC(C)C1CC1. The zero-order chi connectivity index (χ0) is 15.5. The van der Waals surface area contributed by atoms with E-state index in [-0.39, 0.29) is 0 Å². The maximum absolute atomic E-state index is 12.6. The molecule has 1 atom stereocenters. The smallest absolute Gasteiger partial charge is 0.240 e. The van der Waals surface area contributed by atoms with E-state index in [2.05, 4.69) is 17.0 Å². The molecular weight excluding hydrogens is 284 g/mol. The molecule has 21 heavy (non-hydrogen) atoms. The lowest BCUT2D eigenvalue weighted by Crippen LogP contribution is -2.30. The van der Waals surface area contributed by atoms with Gasteiger partial charge in [-0.3, -0.25) is 0 Å². The second-order valence-electron chi connectivity index (χ2n) is 5.99. The van der Waals surface area contributed by atoms with Gasteiger partial charge in [-0.1, -0.05) is 26.0 Å². The molecule has 0 heterocycles. The van der Waals surface area contributed by atoms with Crippen molar-refractivity contribution in [1.82, 2.24) is 10.0 Å². The molecule has 0 amide bonds. The maximum atomic E-state index is 12.6. The minimum atomic E-state index is -3.42. The van der Waals surface area contributed by atoms with Crippen molar-refractivity contribution in [3.63, 3.8) is 0 Å². The highest BCUT2D eigenvalue weighted by Crippen LogP contribution is 2.36. The molecule has 1 unspecified atom stereocenters. The summed E-state index contributed by atoms with van der Waals surface area (Å²) >= 11 is 0. The summed E-state index contributed by atoms with van der Waals surface area (Å²) in [5.74, 6) is 1.12. The average molecular weight is 310 g/mol. The van der Waals surface area contributed by atoms with Gasteiger partial charge in [0.25, 0.3) is 0 Å². The molecule has 1 saturated carbocycles. The van der Waals surface area contributed by atoms with Crippen molar-refractivity contribution in [3.8, 4) is 0 Å². The lowest BCUT2D eigenvalue weighted by atomic mass is 10.1. The first-order valence-electron chi connectivity index (χ1n) is 7.74. The molecule has 0 aromatic heterocycles. The van der Waals surface area contributed by atoms with Crippen LogP contribution in [0, 0.1) is 11.8 Å². The van der Waals surface area contributed by atoms with E-state index in [1.165, 1.54) is 12.8 Å². The Morgan fingerprint density at radius 1 is 1.33 bits per heavy atom. The first kappa shape index (κ1) is 16.5. The van der Waals surface area contributed by atoms with Gasteiger partial charge in [0.05, 0.1) is 4.90 Å². The van der Waals surface area contributed by atoms with E-state index in [1.54, 1.807) is 6.07 Å².